The van der Waals surface area contributed by atoms with Crippen LogP contribution in [0.5, 0.6) is 0 Å². The SMILES string of the molecule is Cc1nc(CC2(CNC(C)C)CC3CCC2C3)cs1. The summed E-state index contributed by atoms with van der Waals surface area (Å²) >= 11 is 1.80. The number of rotatable bonds is 5. The molecule has 3 rings (SSSR count). The quantitative estimate of drug-likeness (QED) is 0.886. The van der Waals surface area contributed by atoms with Gasteiger partial charge in [-0.25, -0.2) is 4.98 Å². The van der Waals surface area contributed by atoms with Crippen LogP contribution in [0.3, 0.4) is 0 Å². The highest BCUT2D eigenvalue weighted by molar-refractivity contribution is 7.09. The number of aromatic nitrogens is 1. The van der Waals surface area contributed by atoms with E-state index in [1.807, 2.05) is 0 Å². The van der Waals surface area contributed by atoms with Crippen LogP contribution < -0.4 is 5.32 Å². The zero-order valence-corrected chi connectivity index (χ0v) is 13.2. The van der Waals surface area contributed by atoms with Crippen molar-refractivity contribution in [3.8, 4) is 0 Å². The van der Waals surface area contributed by atoms with Gasteiger partial charge in [0.05, 0.1) is 10.7 Å². The number of aryl methyl sites for hydroxylation is 1. The Morgan fingerprint density at radius 1 is 1.47 bits per heavy atom. The number of hydrogen-bond donors (Lipinski definition) is 1. The smallest absolute Gasteiger partial charge is 0.0897 e. The van der Waals surface area contributed by atoms with Gasteiger partial charge in [-0.05, 0) is 49.9 Å². The van der Waals surface area contributed by atoms with E-state index in [1.54, 1.807) is 11.3 Å². The van der Waals surface area contributed by atoms with Gasteiger partial charge in [0.15, 0.2) is 0 Å². The van der Waals surface area contributed by atoms with Crippen molar-refractivity contribution in [2.45, 2.75) is 58.9 Å². The van der Waals surface area contributed by atoms with Crippen molar-refractivity contribution in [1.82, 2.24) is 10.3 Å². The van der Waals surface area contributed by atoms with Crippen molar-refractivity contribution in [1.29, 1.82) is 0 Å². The third-order valence-corrected chi connectivity index (χ3v) is 5.99. The predicted octanol–water partition coefficient (Wildman–Crippen LogP) is 3.80. The third-order valence-electron chi connectivity index (χ3n) is 5.16. The van der Waals surface area contributed by atoms with Crippen LogP contribution in [0.25, 0.3) is 0 Å². The maximum atomic E-state index is 4.72. The molecule has 0 aromatic carbocycles. The molecule has 2 aliphatic carbocycles. The number of fused-ring (bicyclic) bond motifs is 2. The lowest BCUT2D eigenvalue weighted by molar-refractivity contribution is 0.151. The van der Waals surface area contributed by atoms with Crippen LogP contribution in [-0.2, 0) is 6.42 Å². The minimum atomic E-state index is 0.494. The van der Waals surface area contributed by atoms with Gasteiger partial charge in [0.25, 0.3) is 0 Å². The lowest BCUT2D eigenvalue weighted by atomic mass is 9.70. The zero-order chi connectivity index (χ0) is 13.5. The standard InChI is InChI=1S/C16H26N2S/c1-11(2)17-10-16(7-13-4-5-14(16)6-13)8-15-9-19-12(3)18-15/h9,11,13-14,17H,4-8,10H2,1-3H3. The maximum Gasteiger partial charge on any atom is 0.0897 e. The zero-order valence-electron chi connectivity index (χ0n) is 12.4. The molecule has 2 aliphatic rings. The highest BCUT2D eigenvalue weighted by Gasteiger charge is 2.50. The van der Waals surface area contributed by atoms with E-state index < -0.39 is 0 Å². The Morgan fingerprint density at radius 2 is 2.32 bits per heavy atom. The number of nitrogens with one attached hydrogen (secondary N) is 1. The number of hydrogen-bond acceptors (Lipinski definition) is 3. The molecule has 2 fully saturated rings. The van der Waals surface area contributed by atoms with E-state index in [0.29, 0.717) is 11.5 Å². The summed E-state index contributed by atoms with van der Waals surface area (Å²) in [6.45, 7) is 7.82. The first-order chi connectivity index (χ1) is 9.07. The molecule has 1 heterocycles. The largest absolute Gasteiger partial charge is 0.314 e. The number of nitrogens with zero attached hydrogens (tertiary/aromatic N) is 1. The molecule has 1 aromatic heterocycles. The summed E-state index contributed by atoms with van der Waals surface area (Å²) in [5.41, 5.74) is 1.83. The van der Waals surface area contributed by atoms with Crippen LogP contribution in [0.15, 0.2) is 5.38 Å². The molecule has 106 valence electrons. The summed E-state index contributed by atoms with van der Waals surface area (Å²) in [6, 6.07) is 0.591. The van der Waals surface area contributed by atoms with Gasteiger partial charge in [-0.1, -0.05) is 20.3 Å². The fraction of sp³-hybridized carbons (Fsp3) is 0.812. The van der Waals surface area contributed by atoms with Gasteiger partial charge in [-0.15, -0.1) is 11.3 Å². The van der Waals surface area contributed by atoms with Crippen LogP contribution in [0.1, 0.15) is 50.2 Å². The average Bonchev–Trinajstić information content (AvgIpc) is 3.03. The molecule has 0 aliphatic heterocycles. The Hall–Kier alpha value is -0.410. The Morgan fingerprint density at radius 3 is 2.84 bits per heavy atom. The van der Waals surface area contributed by atoms with Gasteiger partial charge in [-0.3, -0.25) is 0 Å². The minimum Gasteiger partial charge on any atom is -0.314 e. The van der Waals surface area contributed by atoms with Gasteiger partial charge in [0.1, 0.15) is 0 Å². The Bertz CT molecular complexity index is 440. The van der Waals surface area contributed by atoms with Crippen LogP contribution in [0.2, 0.25) is 0 Å². The van der Waals surface area contributed by atoms with Gasteiger partial charge in [-0.2, -0.15) is 0 Å². The Kier molecular flexibility index (Phi) is 3.69. The van der Waals surface area contributed by atoms with E-state index in [4.69, 9.17) is 4.98 Å². The molecule has 2 nitrogen and oxygen atoms in total. The molecule has 3 unspecified atom stereocenters. The fourth-order valence-corrected chi connectivity index (χ4v) is 4.92. The summed E-state index contributed by atoms with van der Waals surface area (Å²) in [4.78, 5) is 4.72. The molecule has 1 N–H and O–H groups in total. The molecule has 0 saturated heterocycles. The summed E-state index contributed by atoms with van der Waals surface area (Å²) in [5.74, 6) is 1.93. The summed E-state index contributed by atoms with van der Waals surface area (Å²) in [6.07, 6.45) is 7.02. The molecular formula is C16H26N2S. The van der Waals surface area contributed by atoms with Crippen molar-refractivity contribution < 1.29 is 0 Å². The Balaban J connectivity index is 1.76. The summed E-state index contributed by atoms with van der Waals surface area (Å²) in [5, 5.41) is 7.21. The predicted molar refractivity (Wildman–Crippen MR) is 81.6 cm³/mol. The minimum absolute atomic E-state index is 0.494. The highest BCUT2D eigenvalue weighted by atomic mass is 32.1. The van der Waals surface area contributed by atoms with E-state index in [-0.39, 0.29) is 0 Å². The summed E-state index contributed by atoms with van der Waals surface area (Å²) < 4.78 is 0. The molecule has 19 heavy (non-hydrogen) atoms. The first kappa shape index (κ1) is 13.6. The van der Waals surface area contributed by atoms with E-state index in [2.05, 4.69) is 31.5 Å². The molecule has 1 aromatic rings. The molecule has 0 amide bonds. The van der Waals surface area contributed by atoms with Crippen molar-refractivity contribution in [3.63, 3.8) is 0 Å². The van der Waals surface area contributed by atoms with Crippen molar-refractivity contribution >= 4 is 11.3 Å². The van der Waals surface area contributed by atoms with Crippen LogP contribution in [0, 0.1) is 24.2 Å². The lowest BCUT2D eigenvalue weighted by Gasteiger charge is -2.38. The van der Waals surface area contributed by atoms with E-state index in [0.717, 1.165) is 11.8 Å². The molecule has 0 spiro atoms. The lowest BCUT2D eigenvalue weighted by Crippen LogP contribution is -2.42. The van der Waals surface area contributed by atoms with Crippen molar-refractivity contribution in [2.24, 2.45) is 17.3 Å². The monoisotopic (exact) mass is 278 g/mol. The van der Waals surface area contributed by atoms with Crippen molar-refractivity contribution in [2.75, 3.05) is 6.54 Å². The average molecular weight is 278 g/mol. The second-order valence-electron chi connectivity index (χ2n) is 7.01. The van der Waals surface area contributed by atoms with Crippen LogP contribution in [0.4, 0.5) is 0 Å². The van der Waals surface area contributed by atoms with E-state index in [9.17, 15) is 0 Å². The van der Waals surface area contributed by atoms with E-state index >= 15 is 0 Å². The van der Waals surface area contributed by atoms with Crippen molar-refractivity contribution in [3.05, 3.63) is 16.1 Å². The van der Waals surface area contributed by atoms with E-state index in [1.165, 1.54) is 49.4 Å². The third kappa shape index (κ3) is 2.73. The number of thiazole rings is 1. The van der Waals surface area contributed by atoms with Gasteiger partial charge < -0.3 is 5.32 Å². The highest BCUT2D eigenvalue weighted by Crippen LogP contribution is 2.57. The van der Waals surface area contributed by atoms with Gasteiger partial charge in [0, 0.05) is 18.0 Å². The molecule has 3 heteroatoms. The summed E-state index contributed by atoms with van der Waals surface area (Å²) in [7, 11) is 0. The fourth-order valence-electron chi connectivity index (χ4n) is 4.31. The normalized spacial score (nSPS) is 33.5. The second-order valence-corrected chi connectivity index (χ2v) is 8.07. The molecular weight excluding hydrogens is 252 g/mol. The first-order valence-corrected chi connectivity index (χ1v) is 8.60. The van der Waals surface area contributed by atoms with Gasteiger partial charge >= 0.3 is 0 Å². The maximum absolute atomic E-state index is 4.72. The molecule has 0 radical (unpaired) electrons. The van der Waals surface area contributed by atoms with Gasteiger partial charge in [0.2, 0.25) is 0 Å². The second kappa shape index (κ2) is 5.17. The molecule has 2 bridgehead atoms. The first-order valence-electron chi connectivity index (χ1n) is 7.72. The van der Waals surface area contributed by atoms with Crippen LogP contribution >= 0.6 is 11.3 Å². The molecule has 3 atom stereocenters. The van der Waals surface area contributed by atoms with Crippen LogP contribution in [-0.4, -0.2) is 17.6 Å². The molecule has 2 saturated carbocycles. The topological polar surface area (TPSA) is 24.9 Å². The Labute approximate surface area is 121 Å².